The van der Waals surface area contributed by atoms with Crippen molar-refractivity contribution in [3.05, 3.63) is 0 Å². The maximum atomic E-state index is 2.61. The molecule has 0 amide bonds. The van der Waals surface area contributed by atoms with E-state index >= 15 is 0 Å². The lowest BCUT2D eigenvalue weighted by Gasteiger charge is -2.50. The van der Waals surface area contributed by atoms with Crippen LogP contribution in [0.2, 0.25) is 0 Å². The van der Waals surface area contributed by atoms with Crippen molar-refractivity contribution in [2.45, 2.75) is 101 Å². The molecule has 5 unspecified atom stereocenters. The van der Waals surface area contributed by atoms with Crippen LogP contribution in [-0.4, -0.2) is 0 Å². The van der Waals surface area contributed by atoms with Gasteiger partial charge in [-0.3, -0.25) is 0 Å². The minimum Gasteiger partial charge on any atom is -0.0651 e. The average Bonchev–Trinajstić information content (AvgIpc) is 2.83. The summed E-state index contributed by atoms with van der Waals surface area (Å²) in [7, 11) is 0. The molecule has 2 rings (SSSR count). The van der Waals surface area contributed by atoms with E-state index in [-0.39, 0.29) is 0 Å². The summed E-state index contributed by atoms with van der Waals surface area (Å²) in [5, 5.41) is 0. The monoisotopic (exact) mass is 306 g/mol. The van der Waals surface area contributed by atoms with Gasteiger partial charge in [0.05, 0.1) is 0 Å². The van der Waals surface area contributed by atoms with Crippen LogP contribution in [0.4, 0.5) is 0 Å². The van der Waals surface area contributed by atoms with Crippen LogP contribution in [-0.2, 0) is 0 Å². The summed E-state index contributed by atoms with van der Waals surface area (Å²) in [6, 6.07) is 0. The van der Waals surface area contributed by atoms with E-state index in [9.17, 15) is 0 Å². The molecule has 0 spiro atoms. The third-order valence-electron chi connectivity index (χ3n) is 7.87. The molecule has 0 radical (unpaired) electrons. The number of rotatable bonds is 7. The Morgan fingerprint density at radius 1 is 1.09 bits per heavy atom. The van der Waals surface area contributed by atoms with Crippen molar-refractivity contribution in [2.75, 3.05) is 0 Å². The number of hydrogen-bond donors (Lipinski definition) is 0. The third kappa shape index (κ3) is 3.01. The van der Waals surface area contributed by atoms with Gasteiger partial charge < -0.3 is 0 Å². The van der Waals surface area contributed by atoms with Gasteiger partial charge in [0.1, 0.15) is 0 Å². The van der Waals surface area contributed by atoms with E-state index in [2.05, 4.69) is 62.3 Å². The molecule has 0 heteroatoms. The molecule has 0 aliphatic heterocycles. The average molecular weight is 307 g/mol. The molecule has 0 saturated heterocycles. The van der Waals surface area contributed by atoms with E-state index in [1.54, 1.807) is 0 Å². The van der Waals surface area contributed by atoms with Gasteiger partial charge in [-0.05, 0) is 65.1 Å². The van der Waals surface area contributed by atoms with Gasteiger partial charge >= 0.3 is 0 Å². The van der Waals surface area contributed by atoms with Gasteiger partial charge in [-0.1, -0.05) is 75.2 Å². The summed E-state index contributed by atoms with van der Waals surface area (Å²) in [5.41, 5.74) is 2.30. The molecule has 5 atom stereocenters. The van der Waals surface area contributed by atoms with Crippen LogP contribution in [0.3, 0.4) is 0 Å². The minimum atomic E-state index is 0.462. The van der Waals surface area contributed by atoms with E-state index in [4.69, 9.17) is 0 Å². The molecule has 0 aromatic rings. The van der Waals surface area contributed by atoms with Crippen LogP contribution in [0.25, 0.3) is 0 Å². The maximum absolute atomic E-state index is 2.61. The van der Waals surface area contributed by atoms with Crippen LogP contribution in [0.15, 0.2) is 0 Å². The molecule has 0 bridgehead atoms. The van der Waals surface area contributed by atoms with Gasteiger partial charge in [-0.2, -0.15) is 0 Å². The molecule has 0 heterocycles. The third-order valence-corrected chi connectivity index (χ3v) is 7.87. The molecule has 0 N–H and O–H groups in total. The zero-order chi connectivity index (χ0) is 17.0. The topological polar surface area (TPSA) is 0 Å². The van der Waals surface area contributed by atoms with Gasteiger partial charge in [0, 0.05) is 0 Å². The highest BCUT2D eigenvalue weighted by Crippen LogP contribution is 2.83. The van der Waals surface area contributed by atoms with Crippen LogP contribution in [0.5, 0.6) is 0 Å². The number of fused-ring (bicyclic) bond motifs is 1. The summed E-state index contributed by atoms with van der Waals surface area (Å²) >= 11 is 0. The molecule has 2 fully saturated rings. The van der Waals surface area contributed by atoms with Crippen molar-refractivity contribution in [1.29, 1.82) is 0 Å². The second-order valence-electron chi connectivity index (χ2n) is 11.2. The molecular weight excluding hydrogens is 264 g/mol. The fourth-order valence-electron chi connectivity index (χ4n) is 6.45. The summed E-state index contributed by atoms with van der Waals surface area (Å²) in [6.07, 6.45) is 8.54. The molecular formula is C22H42. The molecule has 2 aliphatic carbocycles. The molecule has 22 heavy (non-hydrogen) atoms. The maximum Gasteiger partial charge on any atom is -0.0207 e. The highest BCUT2D eigenvalue weighted by molar-refractivity contribution is 5.25. The second kappa shape index (κ2) is 5.52. The van der Waals surface area contributed by atoms with Gasteiger partial charge in [0.25, 0.3) is 0 Å². The fraction of sp³-hybridized carbons (Fsp3) is 1.00. The Morgan fingerprint density at radius 3 is 2.18 bits per heavy atom. The van der Waals surface area contributed by atoms with Crippen LogP contribution in [0, 0.1) is 39.4 Å². The van der Waals surface area contributed by atoms with E-state index in [1.165, 1.54) is 38.5 Å². The SMILES string of the molecule is CCC(C)C1(C)CC2C(CCCC(C)(C)CC(C)(C)C)C21C. The van der Waals surface area contributed by atoms with Crippen LogP contribution in [0.1, 0.15) is 101 Å². The first-order chi connectivity index (χ1) is 9.87. The summed E-state index contributed by atoms with van der Waals surface area (Å²) in [6.45, 7) is 22.2. The lowest BCUT2D eigenvalue weighted by atomic mass is 9.55. The smallest absolute Gasteiger partial charge is 0.0207 e. The van der Waals surface area contributed by atoms with Crippen molar-refractivity contribution in [3.8, 4) is 0 Å². The predicted octanol–water partition coefficient (Wildman–Crippen LogP) is 7.33. The summed E-state index contributed by atoms with van der Waals surface area (Å²) in [4.78, 5) is 0. The minimum absolute atomic E-state index is 0.462. The van der Waals surface area contributed by atoms with Gasteiger partial charge in [-0.15, -0.1) is 0 Å². The van der Waals surface area contributed by atoms with Crippen molar-refractivity contribution in [1.82, 2.24) is 0 Å². The molecule has 2 aliphatic rings. The zero-order valence-corrected chi connectivity index (χ0v) is 17.0. The molecule has 2 saturated carbocycles. The van der Waals surface area contributed by atoms with Crippen LogP contribution >= 0.6 is 0 Å². The Labute approximate surface area is 140 Å². The first-order valence-corrected chi connectivity index (χ1v) is 9.87. The van der Waals surface area contributed by atoms with Crippen LogP contribution < -0.4 is 0 Å². The Morgan fingerprint density at radius 2 is 1.68 bits per heavy atom. The quantitative estimate of drug-likeness (QED) is 0.462. The van der Waals surface area contributed by atoms with Crippen molar-refractivity contribution < 1.29 is 0 Å². The molecule has 0 nitrogen and oxygen atoms in total. The predicted molar refractivity (Wildman–Crippen MR) is 99.0 cm³/mol. The van der Waals surface area contributed by atoms with Crippen molar-refractivity contribution in [2.24, 2.45) is 39.4 Å². The summed E-state index contributed by atoms with van der Waals surface area (Å²) < 4.78 is 0. The lowest BCUT2D eigenvalue weighted by Crippen LogP contribution is -2.43. The van der Waals surface area contributed by atoms with E-state index in [1.807, 2.05) is 0 Å². The normalized spacial score (nSPS) is 39.1. The highest BCUT2D eigenvalue weighted by Gasteiger charge is 2.77. The Hall–Kier alpha value is 0. The first kappa shape index (κ1) is 18.3. The molecule has 0 aromatic carbocycles. The van der Waals surface area contributed by atoms with E-state index in [0.717, 1.165) is 17.8 Å². The molecule has 0 aromatic heterocycles. The van der Waals surface area contributed by atoms with Gasteiger partial charge in [0.15, 0.2) is 0 Å². The standard InChI is InChI=1S/C22H42/c1-10-16(2)21(8)14-18-17(22(18,21)9)12-11-13-20(6,7)15-19(3,4)5/h16-18H,10-15H2,1-9H3. The Kier molecular flexibility index (Phi) is 4.60. The second-order valence-corrected chi connectivity index (χ2v) is 11.2. The van der Waals surface area contributed by atoms with Gasteiger partial charge in [-0.25, -0.2) is 0 Å². The van der Waals surface area contributed by atoms with Gasteiger partial charge in [0.2, 0.25) is 0 Å². The van der Waals surface area contributed by atoms with E-state index < -0.39 is 0 Å². The lowest BCUT2D eigenvalue weighted by molar-refractivity contribution is -0.0129. The zero-order valence-electron chi connectivity index (χ0n) is 17.0. The fourth-order valence-corrected chi connectivity index (χ4v) is 6.45. The van der Waals surface area contributed by atoms with Crippen molar-refractivity contribution in [3.63, 3.8) is 0 Å². The first-order valence-electron chi connectivity index (χ1n) is 9.87. The highest BCUT2D eigenvalue weighted by atomic mass is 14.8. The largest absolute Gasteiger partial charge is 0.0651 e. The summed E-state index contributed by atoms with van der Waals surface area (Å²) in [5.74, 6) is 3.00. The number of hydrogen-bond acceptors (Lipinski definition) is 0. The van der Waals surface area contributed by atoms with E-state index in [0.29, 0.717) is 21.7 Å². The molecule has 130 valence electrons. The van der Waals surface area contributed by atoms with Crippen molar-refractivity contribution >= 4 is 0 Å². The Bertz CT molecular complexity index is 399. The Balaban J connectivity index is 1.81.